The Hall–Kier alpha value is -2.96. The third-order valence-electron chi connectivity index (χ3n) is 9.17. The fourth-order valence-corrected chi connectivity index (χ4v) is 9.71. The van der Waals surface area contributed by atoms with Crippen LogP contribution in [-0.2, 0) is 54.5 Å². The van der Waals surface area contributed by atoms with Gasteiger partial charge in [0.15, 0.2) is 29.7 Å². The fraction of sp³-hybridized carbons (Fsp3) is 0.556. The standard InChI is InChI=1S/C27H34N10O12P2S2/c28-22-17-25(35-14(34-22)4-30-15(39)6-38)37(10-33-17)27-21-18(40)12(46-27)7-44-50(42,52)48-20-13(8-45-51(43,53)49-21)47-26(19(20)41)36-5-11-2-1-3-29-23-16(11)24(36)32-9-31-23/h5,9-10,12-13,18-21,26-27,38,40-41H,1-4,6-8H2,(H,30,39)(H,42,52)(H,43,53)(H2,28,34,35)(H,29,31,32)/t12-,13-,18-,19-,20-,21-,26-,27-,50?,51?/m1/s1. The van der Waals surface area contributed by atoms with Gasteiger partial charge in [0.1, 0.15) is 66.5 Å². The minimum absolute atomic E-state index is 0.0523. The Morgan fingerprint density at radius 2 is 1.72 bits per heavy atom. The van der Waals surface area contributed by atoms with Crippen LogP contribution in [0.15, 0.2) is 18.9 Å². The van der Waals surface area contributed by atoms with Crippen LogP contribution >= 0.6 is 38.1 Å². The van der Waals surface area contributed by atoms with Gasteiger partial charge in [0, 0.05) is 12.7 Å². The average Bonchev–Trinajstić information content (AvgIpc) is 3.83. The number of aryl methyl sites for hydroxylation is 1. The summed E-state index contributed by atoms with van der Waals surface area (Å²) in [5.74, 6) is -0.0386. The van der Waals surface area contributed by atoms with Crippen molar-refractivity contribution in [3.8, 4) is 0 Å². The van der Waals surface area contributed by atoms with Crippen LogP contribution < -0.4 is 16.4 Å². The number of carbonyl (C=O) groups excluding carboxylic acids is 1. The molecule has 286 valence electrons. The highest BCUT2D eigenvalue weighted by atomic mass is 32.7. The summed E-state index contributed by atoms with van der Waals surface area (Å²) in [5.41, 5.74) is 7.72. The van der Waals surface area contributed by atoms with Crippen LogP contribution in [0.2, 0.25) is 0 Å². The van der Waals surface area contributed by atoms with E-state index in [9.17, 15) is 24.1 Å². The predicted molar refractivity (Wildman–Crippen MR) is 188 cm³/mol. The van der Waals surface area contributed by atoms with E-state index in [-0.39, 0.29) is 29.4 Å². The highest BCUT2D eigenvalue weighted by Crippen LogP contribution is 2.60. The van der Waals surface area contributed by atoms with Crippen LogP contribution in [0.5, 0.6) is 0 Å². The zero-order valence-corrected chi connectivity index (χ0v) is 30.9. The first-order valence-corrected chi connectivity index (χ1v) is 21.6. The van der Waals surface area contributed by atoms with Gasteiger partial charge in [-0.25, -0.2) is 34.0 Å². The molecule has 0 saturated carbocycles. The van der Waals surface area contributed by atoms with Gasteiger partial charge in [0.05, 0.1) is 31.5 Å². The third-order valence-corrected chi connectivity index (χ3v) is 12.4. The van der Waals surface area contributed by atoms with Gasteiger partial charge in [0.25, 0.3) is 0 Å². The molecule has 4 aliphatic rings. The van der Waals surface area contributed by atoms with E-state index in [2.05, 4.69) is 60.1 Å². The van der Waals surface area contributed by atoms with Crippen LogP contribution in [0.4, 0.5) is 11.6 Å². The quantitative estimate of drug-likeness (QED) is 0.0988. The summed E-state index contributed by atoms with van der Waals surface area (Å²) in [6.45, 7) is -10.1. The van der Waals surface area contributed by atoms with Crippen molar-refractivity contribution in [2.24, 2.45) is 0 Å². The molecule has 8 heterocycles. The maximum atomic E-state index is 13.8. The van der Waals surface area contributed by atoms with E-state index in [0.717, 1.165) is 23.9 Å². The molecule has 22 nitrogen and oxygen atoms in total. The van der Waals surface area contributed by atoms with E-state index in [0.29, 0.717) is 17.9 Å². The normalized spacial score (nSPS) is 34.8. The Labute approximate surface area is 309 Å². The number of nitrogens with one attached hydrogen (secondary N) is 2. The van der Waals surface area contributed by atoms with E-state index in [1.165, 1.54) is 17.2 Å². The zero-order chi connectivity index (χ0) is 37.2. The van der Waals surface area contributed by atoms with E-state index < -0.39 is 88.4 Å². The van der Waals surface area contributed by atoms with Gasteiger partial charge in [-0.1, -0.05) is 24.5 Å². The van der Waals surface area contributed by atoms with Crippen LogP contribution in [0.1, 0.15) is 30.3 Å². The van der Waals surface area contributed by atoms with Crippen LogP contribution in [0, 0.1) is 0 Å². The van der Waals surface area contributed by atoms with E-state index in [1.54, 1.807) is 10.8 Å². The number of nitrogen functional groups attached to an aromatic ring is 1. The van der Waals surface area contributed by atoms with Crippen molar-refractivity contribution in [3.63, 3.8) is 0 Å². The van der Waals surface area contributed by atoms with Gasteiger partial charge < -0.3 is 45.7 Å². The second-order valence-corrected chi connectivity index (χ2v) is 18.3. The molecular formula is C27H34N10O12P2S2. The molecule has 8 rings (SSSR count). The first-order valence-electron chi connectivity index (χ1n) is 16.3. The Balaban J connectivity index is 1.09. The molecule has 4 aromatic heterocycles. The number of aliphatic hydroxyl groups excluding tert-OH is 3. The van der Waals surface area contributed by atoms with Gasteiger partial charge in [0.2, 0.25) is 5.91 Å². The topological polar surface area (TPSA) is 292 Å². The number of thiol groups is 2. The first kappa shape index (κ1) is 37.0. The zero-order valence-electron chi connectivity index (χ0n) is 27.3. The number of carbonyl (C=O) groups is 1. The summed E-state index contributed by atoms with van der Waals surface area (Å²) >= 11 is 8.32. The van der Waals surface area contributed by atoms with Crippen molar-refractivity contribution >= 4 is 77.8 Å². The second-order valence-electron chi connectivity index (χ2n) is 12.6. The number of aromatic nitrogens is 7. The van der Waals surface area contributed by atoms with Crippen molar-refractivity contribution in [1.29, 1.82) is 0 Å². The monoisotopic (exact) mass is 816 g/mol. The molecule has 0 radical (unpaired) electrons. The lowest BCUT2D eigenvalue weighted by Crippen LogP contribution is -2.35. The number of hydrogen-bond donors (Lipinski definition) is 8. The second kappa shape index (κ2) is 14.3. The number of anilines is 2. The predicted octanol–water partition coefficient (Wildman–Crippen LogP) is 0.230. The van der Waals surface area contributed by atoms with Crippen molar-refractivity contribution in [2.45, 2.75) is 68.5 Å². The number of rotatable bonds is 5. The van der Waals surface area contributed by atoms with E-state index >= 15 is 0 Å². The van der Waals surface area contributed by atoms with Crippen molar-refractivity contribution in [2.75, 3.05) is 37.4 Å². The molecule has 1 amide bonds. The molecule has 53 heavy (non-hydrogen) atoms. The maximum absolute atomic E-state index is 13.8. The molecule has 4 aliphatic heterocycles. The molecule has 10 atom stereocenters. The van der Waals surface area contributed by atoms with Crippen molar-refractivity contribution < 1.29 is 56.8 Å². The summed E-state index contributed by atoms with van der Waals surface area (Å²) in [4.78, 5) is 33.2. The molecule has 0 aromatic carbocycles. The lowest BCUT2D eigenvalue weighted by Gasteiger charge is -2.26. The Morgan fingerprint density at radius 3 is 2.49 bits per heavy atom. The summed E-state index contributed by atoms with van der Waals surface area (Å²) in [6, 6.07) is 0. The summed E-state index contributed by atoms with van der Waals surface area (Å²) in [6.07, 6.45) is -4.91. The molecule has 2 unspecified atom stereocenters. The number of ether oxygens (including phenoxy) is 2. The molecule has 4 aromatic rings. The molecule has 2 bridgehead atoms. The van der Waals surface area contributed by atoms with Gasteiger partial charge >= 0.3 is 13.6 Å². The molecule has 0 aliphatic carbocycles. The molecule has 3 fully saturated rings. The van der Waals surface area contributed by atoms with Gasteiger partial charge in [-0.2, -0.15) is 0 Å². The number of fused-ring (bicyclic) bond motifs is 4. The lowest BCUT2D eigenvalue weighted by atomic mass is 10.1. The molecular weight excluding hydrogens is 782 g/mol. The smallest absolute Gasteiger partial charge is 0.386 e. The number of nitrogens with zero attached hydrogens (tertiary/aromatic N) is 7. The fourth-order valence-electron chi connectivity index (χ4n) is 6.76. The Bertz CT molecular complexity index is 2160. The molecule has 26 heteroatoms. The number of imidazole rings is 1. The largest absolute Gasteiger partial charge is 0.387 e. The highest BCUT2D eigenvalue weighted by Gasteiger charge is 2.53. The first-order chi connectivity index (χ1) is 25.3. The lowest BCUT2D eigenvalue weighted by molar-refractivity contribution is -0.124. The van der Waals surface area contributed by atoms with E-state index in [4.69, 9.17) is 38.4 Å². The Kier molecular flexibility index (Phi) is 9.96. The molecule has 0 spiro atoms. The summed E-state index contributed by atoms with van der Waals surface area (Å²) in [7, 11) is 0. The van der Waals surface area contributed by atoms with Crippen LogP contribution in [-0.4, -0.2) is 118 Å². The average molecular weight is 817 g/mol. The molecule has 3 saturated heterocycles. The van der Waals surface area contributed by atoms with Crippen molar-refractivity contribution in [3.05, 3.63) is 30.2 Å². The number of aliphatic hydroxyl groups is 3. The number of nitrogens with two attached hydrogens (primary N) is 1. The SMILES string of the molecule is Nc1nc(CNC(=O)CO)nc2c1ncn2[C@@H]1O[C@@H]2COP(=O)(S)O[C@H]3[C@@H](O)[C@H](n4cc5c6c(ncnc64)NCCC5)O[C@@H]3COP(=O)(S)O[C@@H]1[C@@H]2O. The third kappa shape index (κ3) is 7.05. The highest BCUT2D eigenvalue weighted by molar-refractivity contribution is 8.44. The van der Waals surface area contributed by atoms with Crippen molar-refractivity contribution in [1.82, 2.24) is 39.4 Å². The van der Waals surface area contributed by atoms with Crippen LogP contribution in [0.3, 0.4) is 0 Å². The van der Waals surface area contributed by atoms with Gasteiger partial charge in [-0.05, 0) is 18.4 Å². The maximum Gasteiger partial charge on any atom is 0.386 e. The number of amides is 1. The van der Waals surface area contributed by atoms with Gasteiger partial charge in [-0.3, -0.25) is 27.5 Å². The van der Waals surface area contributed by atoms with E-state index in [1.807, 2.05) is 0 Å². The Morgan fingerprint density at radius 1 is 0.981 bits per heavy atom. The summed E-state index contributed by atoms with van der Waals surface area (Å²) < 4.78 is 65.6. The number of hydrogen-bond acceptors (Lipinski definition) is 19. The minimum Gasteiger partial charge on any atom is -0.387 e. The molecule has 7 N–H and O–H groups in total. The van der Waals surface area contributed by atoms with Gasteiger partial charge in [-0.15, -0.1) is 0 Å². The summed E-state index contributed by atoms with van der Waals surface area (Å²) in [5, 5.41) is 38.5. The van der Waals surface area contributed by atoms with Crippen LogP contribution in [0.25, 0.3) is 22.2 Å². The minimum atomic E-state index is -4.41.